The van der Waals surface area contributed by atoms with Crippen LogP contribution in [0.25, 0.3) is 0 Å². The van der Waals surface area contributed by atoms with E-state index in [2.05, 4.69) is 103 Å². The molecular weight excluding hydrogens is 777 g/mol. The van der Waals surface area contributed by atoms with E-state index in [9.17, 15) is 28.5 Å². The van der Waals surface area contributed by atoms with Gasteiger partial charge in [0.1, 0.15) is 30.5 Å². The molecule has 13 heteroatoms. The van der Waals surface area contributed by atoms with Crippen LogP contribution >= 0.6 is 0 Å². The molecule has 12 nitrogen and oxygen atoms in total. The molecule has 1 fully saturated rings. The normalized spacial score (nSPS) is 21.2. The Morgan fingerprint density at radius 3 is 1.73 bits per heavy atom. The van der Waals surface area contributed by atoms with E-state index in [4.69, 9.17) is 23.5 Å². The zero-order valence-electron chi connectivity index (χ0n) is 35.8. The molecule has 6 atom stereocenters. The van der Waals surface area contributed by atoms with Gasteiger partial charge in [-0.1, -0.05) is 131 Å². The van der Waals surface area contributed by atoms with E-state index in [1.54, 1.807) is 0 Å². The van der Waals surface area contributed by atoms with Gasteiger partial charge in [0, 0.05) is 13.0 Å². The maximum absolute atomic E-state index is 12.8. The third kappa shape index (κ3) is 30.9. The summed E-state index contributed by atoms with van der Waals surface area (Å²) in [5, 5.41) is 30.6. The molecule has 1 aliphatic heterocycles. The second-order valence-electron chi connectivity index (χ2n) is 14.5. The Morgan fingerprint density at radius 2 is 1.17 bits per heavy atom. The van der Waals surface area contributed by atoms with E-state index < -0.39 is 59.8 Å². The molecule has 1 heterocycles. The van der Waals surface area contributed by atoms with Gasteiger partial charge in [-0.3, -0.25) is 9.35 Å². The van der Waals surface area contributed by atoms with Crippen molar-refractivity contribution in [3.05, 3.63) is 85.1 Å². The van der Waals surface area contributed by atoms with Crippen LogP contribution in [0, 0.1) is 0 Å². The van der Waals surface area contributed by atoms with Gasteiger partial charge in [-0.15, -0.1) is 0 Å². The Morgan fingerprint density at radius 1 is 0.661 bits per heavy atom. The molecule has 0 aromatic carbocycles. The lowest BCUT2D eigenvalue weighted by Gasteiger charge is -2.41. The van der Waals surface area contributed by atoms with Gasteiger partial charge < -0.3 is 34.3 Å². The van der Waals surface area contributed by atoms with Crippen molar-refractivity contribution in [2.75, 3.05) is 26.4 Å². The third-order valence-electron chi connectivity index (χ3n) is 9.23. The van der Waals surface area contributed by atoms with Gasteiger partial charge in [0.2, 0.25) is 0 Å². The summed E-state index contributed by atoms with van der Waals surface area (Å²) in [5.74, 6) is -0.428. The van der Waals surface area contributed by atoms with Crippen molar-refractivity contribution >= 4 is 16.4 Å². The summed E-state index contributed by atoms with van der Waals surface area (Å²) < 4.78 is 58.9. The van der Waals surface area contributed by atoms with Crippen molar-refractivity contribution in [3.8, 4) is 0 Å². The highest BCUT2D eigenvalue weighted by molar-refractivity contribution is 7.80. The molecular formula is C46H76O12S. The van der Waals surface area contributed by atoms with Gasteiger partial charge in [0.15, 0.2) is 6.29 Å². The standard InChI is InChI=1S/C46H76O12S/c1-3-5-7-9-11-13-15-16-17-18-19-20-21-22-23-24-25-26-28-30-32-34-36-54-38-40(56-42(48)35-33-31-29-27-14-12-10-8-6-4-2)39-55-46-44(50)45(58-59(51,52)53)43(49)41(37-47)57-46/h5,7-8,10-11,13,16-17,19-20,22-23,25-26,40-41,43-47,49-50H,3-4,6,9,12,14-15,18,21,24,27-39H2,1-2H3,(H,51,52,53)/b7-5-,10-8-,13-11-,17-16-,20-19-,23-22-,26-25-. The number of ether oxygens (including phenoxy) is 4. The molecule has 4 N–H and O–H groups in total. The van der Waals surface area contributed by atoms with Gasteiger partial charge in [-0.25, -0.2) is 4.18 Å². The fourth-order valence-corrected chi connectivity index (χ4v) is 6.48. The summed E-state index contributed by atoms with van der Waals surface area (Å²) in [5.41, 5.74) is 0. The number of esters is 1. The summed E-state index contributed by atoms with van der Waals surface area (Å²) >= 11 is 0. The highest BCUT2D eigenvalue weighted by Crippen LogP contribution is 2.26. The largest absolute Gasteiger partial charge is 0.457 e. The number of carbonyl (C=O) groups excluding carboxylic acids is 1. The van der Waals surface area contributed by atoms with Gasteiger partial charge in [0.05, 0.1) is 19.8 Å². The minimum absolute atomic E-state index is 0.00422. The summed E-state index contributed by atoms with van der Waals surface area (Å²) in [4.78, 5) is 12.8. The first kappa shape index (κ1) is 54.3. The van der Waals surface area contributed by atoms with Gasteiger partial charge in [0.25, 0.3) is 0 Å². The van der Waals surface area contributed by atoms with Crippen LogP contribution < -0.4 is 0 Å². The van der Waals surface area contributed by atoms with E-state index in [1.165, 1.54) is 0 Å². The first-order chi connectivity index (χ1) is 28.6. The van der Waals surface area contributed by atoms with E-state index in [1.807, 2.05) is 0 Å². The molecule has 0 amide bonds. The molecule has 0 saturated carbocycles. The van der Waals surface area contributed by atoms with Crippen molar-refractivity contribution < 1.29 is 56.2 Å². The topological polar surface area (TPSA) is 178 Å². The Hall–Kier alpha value is -2.72. The van der Waals surface area contributed by atoms with Crippen LogP contribution in [0.1, 0.15) is 136 Å². The van der Waals surface area contributed by atoms with Crippen LogP contribution in [-0.4, -0.2) is 97.5 Å². The van der Waals surface area contributed by atoms with E-state index in [-0.39, 0.29) is 19.6 Å². The molecule has 6 unspecified atom stereocenters. The second kappa shape index (κ2) is 37.1. The monoisotopic (exact) mass is 853 g/mol. The van der Waals surface area contributed by atoms with Crippen molar-refractivity contribution in [2.24, 2.45) is 0 Å². The predicted octanol–water partition coefficient (Wildman–Crippen LogP) is 8.90. The number of aliphatic hydroxyl groups excluding tert-OH is 3. The van der Waals surface area contributed by atoms with E-state index in [0.717, 1.165) is 109 Å². The second-order valence-corrected chi connectivity index (χ2v) is 15.6. The molecule has 59 heavy (non-hydrogen) atoms. The zero-order chi connectivity index (χ0) is 43.2. The number of carbonyl (C=O) groups is 1. The van der Waals surface area contributed by atoms with E-state index in [0.29, 0.717) is 13.0 Å². The first-order valence-corrected chi connectivity index (χ1v) is 23.2. The lowest BCUT2D eigenvalue weighted by atomic mass is 9.99. The predicted molar refractivity (Wildman–Crippen MR) is 234 cm³/mol. The quantitative estimate of drug-likeness (QED) is 0.0204. The smallest absolute Gasteiger partial charge is 0.397 e. The van der Waals surface area contributed by atoms with Crippen LogP contribution in [-0.2, 0) is 38.3 Å². The van der Waals surface area contributed by atoms with Crippen LogP contribution in [0.2, 0.25) is 0 Å². The SMILES string of the molecule is CC/C=C\C/C=C\C/C=C\C/C=C\C/C=C\C/C=C\CCCCCOCC(COC1OC(CO)C(O)C(OS(=O)(=O)O)C1O)OC(=O)CCCCCCC/C=C\CCC. The molecule has 0 radical (unpaired) electrons. The fourth-order valence-electron chi connectivity index (χ4n) is 5.97. The lowest BCUT2D eigenvalue weighted by molar-refractivity contribution is -0.301. The zero-order valence-corrected chi connectivity index (χ0v) is 36.6. The van der Waals surface area contributed by atoms with Gasteiger partial charge >= 0.3 is 16.4 Å². The minimum atomic E-state index is -5.07. The molecule has 0 spiro atoms. The van der Waals surface area contributed by atoms with Crippen LogP contribution in [0.5, 0.6) is 0 Å². The fraction of sp³-hybridized carbons (Fsp3) is 0.674. The number of allylic oxidation sites excluding steroid dienone is 14. The Kier molecular flexibility index (Phi) is 34.1. The molecule has 338 valence electrons. The summed E-state index contributed by atoms with van der Waals surface area (Å²) in [7, 11) is -5.07. The Bertz CT molecular complexity index is 1350. The van der Waals surface area contributed by atoms with Crippen molar-refractivity contribution in [2.45, 2.75) is 173 Å². The van der Waals surface area contributed by atoms with E-state index >= 15 is 0 Å². The number of hydrogen-bond acceptors (Lipinski definition) is 11. The summed E-state index contributed by atoms with van der Waals surface area (Å²) in [6, 6.07) is 0. The van der Waals surface area contributed by atoms with Crippen molar-refractivity contribution in [1.82, 2.24) is 0 Å². The van der Waals surface area contributed by atoms with Crippen LogP contribution in [0.15, 0.2) is 85.1 Å². The van der Waals surface area contributed by atoms with Crippen LogP contribution in [0.3, 0.4) is 0 Å². The highest BCUT2D eigenvalue weighted by atomic mass is 32.3. The molecule has 1 aliphatic rings. The molecule has 1 saturated heterocycles. The Balaban J connectivity index is 2.44. The van der Waals surface area contributed by atoms with Gasteiger partial charge in [-0.05, 0) is 83.5 Å². The average molecular weight is 853 g/mol. The van der Waals surface area contributed by atoms with Gasteiger partial charge in [-0.2, -0.15) is 8.42 Å². The summed E-state index contributed by atoms with van der Waals surface area (Å²) in [6.45, 7) is 3.68. The molecule has 0 bridgehead atoms. The minimum Gasteiger partial charge on any atom is -0.457 e. The average Bonchev–Trinajstić information content (AvgIpc) is 3.20. The Labute approximate surface area is 355 Å². The number of unbranched alkanes of at least 4 members (excludes halogenated alkanes) is 9. The maximum atomic E-state index is 12.8. The number of hydrogen-bond donors (Lipinski definition) is 4. The first-order valence-electron chi connectivity index (χ1n) is 21.8. The number of aliphatic hydroxyl groups is 3. The third-order valence-corrected chi connectivity index (χ3v) is 9.70. The van der Waals surface area contributed by atoms with Crippen molar-refractivity contribution in [3.63, 3.8) is 0 Å². The lowest BCUT2D eigenvalue weighted by Crippen LogP contribution is -2.60. The molecule has 1 rings (SSSR count). The highest BCUT2D eigenvalue weighted by Gasteiger charge is 2.48. The number of rotatable bonds is 36. The molecule has 0 aromatic heterocycles. The molecule has 0 aromatic rings. The van der Waals surface area contributed by atoms with Crippen LogP contribution in [0.4, 0.5) is 0 Å². The van der Waals surface area contributed by atoms with Crippen molar-refractivity contribution in [1.29, 1.82) is 0 Å². The molecule has 0 aliphatic carbocycles. The maximum Gasteiger partial charge on any atom is 0.397 e. The summed E-state index contributed by atoms with van der Waals surface area (Å²) in [6.07, 6.45) is 39.2.